The number of anilines is 1. The average molecular weight is 272 g/mol. The van der Waals surface area contributed by atoms with Crippen LogP contribution in [-0.4, -0.2) is 11.9 Å². The highest BCUT2D eigenvalue weighted by Crippen LogP contribution is 2.26. The Labute approximate surface area is 115 Å². The van der Waals surface area contributed by atoms with E-state index in [2.05, 4.69) is 5.32 Å². The molecule has 1 aromatic heterocycles. The number of nitrogens with two attached hydrogens (primary N) is 1. The van der Waals surface area contributed by atoms with Gasteiger partial charge in [-0.3, -0.25) is 4.79 Å². The van der Waals surface area contributed by atoms with Crippen molar-refractivity contribution >= 4 is 22.6 Å². The van der Waals surface area contributed by atoms with Crippen molar-refractivity contribution in [2.24, 2.45) is 11.7 Å². The van der Waals surface area contributed by atoms with E-state index in [1.807, 2.05) is 0 Å². The van der Waals surface area contributed by atoms with E-state index in [-0.39, 0.29) is 23.5 Å². The molecule has 2 unspecified atom stereocenters. The number of hydrogen-bond donors (Lipinski definition) is 2. The highest BCUT2D eigenvalue weighted by molar-refractivity contribution is 5.94. The largest absolute Gasteiger partial charge is 0.423 e. The Bertz CT molecular complexity index is 708. The van der Waals surface area contributed by atoms with E-state index in [1.54, 1.807) is 24.3 Å². The highest BCUT2D eigenvalue weighted by atomic mass is 16.4. The molecule has 3 rings (SSSR count). The molecule has 0 spiro atoms. The van der Waals surface area contributed by atoms with Crippen molar-refractivity contribution in [3.63, 3.8) is 0 Å². The quantitative estimate of drug-likeness (QED) is 0.817. The number of fused-ring (bicyclic) bond motifs is 1. The molecular formula is C15H16N2O3. The lowest BCUT2D eigenvalue weighted by atomic mass is 10.1. The number of nitrogens with one attached hydrogen (secondary N) is 1. The summed E-state index contributed by atoms with van der Waals surface area (Å²) < 4.78 is 5.05. The van der Waals surface area contributed by atoms with Crippen molar-refractivity contribution in [2.75, 3.05) is 5.32 Å². The fourth-order valence-electron chi connectivity index (χ4n) is 2.65. The van der Waals surface area contributed by atoms with Crippen LogP contribution in [0.3, 0.4) is 0 Å². The summed E-state index contributed by atoms with van der Waals surface area (Å²) in [6.45, 7) is 0. The first-order valence-corrected chi connectivity index (χ1v) is 6.72. The zero-order chi connectivity index (χ0) is 14.1. The highest BCUT2D eigenvalue weighted by Gasteiger charge is 2.27. The van der Waals surface area contributed by atoms with Crippen molar-refractivity contribution in [1.29, 1.82) is 0 Å². The lowest BCUT2D eigenvalue weighted by molar-refractivity contribution is -0.119. The van der Waals surface area contributed by atoms with Gasteiger partial charge in [0, 0.05) is 29.1 Å². The third-order valence-corrected chi connectivity index (χ3v) is 3.73. The SMILES string of the molecule is NC1CCC(C(=O)Nc2ccc3oc(=O)ccc3c2)C1. The second-order valence-electron chi connectivity index (χ2n) is 5.27. The predicted octanol–water partition coefficient (Wildman–Crippen LogP) is 1.86. The Morgan fingerprint density at radius 2 is 2.10 bits per heavy atom. The van der Waals surface area contributed by atoms with Crippen LogP contribution in [0.5, 0.6) is 0 Å². The van der Waals surface area contributed by atoms with E-state index in [9.17, 15) is 9.59 Å². The van der Waals surface area contributed by atoms with Crippen LogP contribution in [0.4, 0.5) is 5.69 Å². The number of rotatable bonds is 2. The van der Waals surface area contributed by atoms with Crippen molar-refractivity contribution in [3.05, 3.63) is 40.8 Å². The maximum absolute atomic E-state index is 12.1. The maximum atomic E-state index is 12.1. The Morgan fingerprint density at radius 1 is 1.25 bits per heavy atom. The summed E-state index contributed by atoms with van der Waals surface area (Å²) in [6.07, 6.45) is 2.49. The molecule has 20 heavy (non-hydrogen) atoms. The molecule has 1 fully saturated rings. The van der Waals surface area contributed by atoms with E-state index in [0.29, 0.717) is 11.3 Å². The van der Waals surface area contributed by atoms with Gasteiger partial charge in [0.25, 0.3) is 0 Å². The summed E-state index contributed by atoms with van der Waals surface area (Å²) in [5.74, 6) is 0.00378. The van der Waals surface area contributed by atoms with Crippen LogP contribution in [0, 0.1) is 5.92 Å². The van der Waals surface area contributed by atoms with Gasteiger partial charge in [-0.2, -0.15) is 0 Å². The van der Waals surface area contributed by atoms with Gasteiger partial charge >= 0.3 is 5.63 Å². The summed E-state index contributed by atoms with van der Waals surface area (Å²) in [4.78, 5) is 23.2. The molecule has 0 radical (unpaired) electrons. The minimum Gasteiger partial charge on any atom is -0.423 e. The lowest BCUT2D eigenvalue weighted by Gasteiger charge is -2.11. The van der Waals surface area contributed by atoms with Gasteiger partial charge in [-0.1, -0.05) is 0 Å². The molecule has 2 atom stereocenters. The number of hydrogen-bond acceptors (Lipinski definition) is 4. The summed E-state index contributed by atoms with van der Waals surface area (Å²) in [7, 11) is 0. The van der Waals surface area contributed by atoms with Gasteiger partial charge in [0.2, 0.25) is 5.91 Å². The topological polar surface area (TPSA) is 85.3 Å². The molecule has 1 aromatic carbocycles. The smallest absolute Gasteiger partial charge is 0.336 e. The molecule has 0 saturated heterocycles. The van der Waals surface area contributed by atoms with Crippen LogP contribution in [0.2, 0.25) is 0 Å². The fourth-order valence-corrected chi connectivity index (χ4v) is 2.65. The third kappa shape index (κ3) is 2.58. The molecular weight excluding hydrogens is 256 g/mol. The molecule has 1 aliphatic carbocycles. The number of benzene rings is 1. The van der Waals surface area contributed by atoms with Gasteiger partial charge in [0.15, 0.2) is 0 Å². The maximum Gasteiger partial charge on any atom is 0.336 e. The molecule has 1 amide bonds. The molecule has 0 aliphatic heterocycles. The van der Waals surface area contributed by atoms with Crippen molar-refractivity contribution in [3.8, 4) is 0 Å². The van der Waals surface area contributed by atoms with Gasteiger partial charge in [0.05, 0.1) is 0 Å². The Morgan fingerprint density at radius 3 is 2.85 bits per heavy atom. The van der Waals surface area contributed by atoms with Crippen LogP contribution >= 0.6 is 0 Å². The van der Waals surface area contributed by atoms with Crippen LogP contribution in [0.15, 0.2) is 39.5 Å². The summed E-state index contributed by atoms with van der Waals surface area (Å²) in [5, 5.41) is 3.68. The van der Waals surface area contributed by atoms with Crippen LogP contribution in [0.25, 0.3) is 11.0 Å². The third-order valence-electron chi connectivity index (χ3n) is 3.73. The first kappa shape index (κ1) is 12.9. The minimum atomic E-state index is -0.380. The molecule has 1 aliphatic rings. The van der Waals surface area contributed by atoms with Gasteiger partial charge in [-0.25, -0.2) is 4.79 Å². The Balaban J connectivity index is 1.79. The second-order valence-corrected chi connectivity index (χ2v) is 5.27. The summed E-state index contributed by atoms with van der Waals surface area (Å²) >= 11 is 0. The van der Waals surface area contributed by atoms with Gasteiger partial charge in [-0.15, -0.1) is 0 Å². The van der Waals surface area contributed by atoms with Gasteiger partial charge < -0.3 is 15.5 Å². The van der Waals surface area contributed by atoms with Crippen molar-refractivity contribution < 1.29 is 9.21 Å². The molecule has 0 bridgehead atoms. The first-order chi connectivity index (χ1) is 9.61. The van der Waals surface area contributed by atoms with Crippen molar-refractivity contribution in [2.45, 2.75) is 25.3 Å². The van der Waals surface area contributed by atoms with E-state index in [1.165, 1.54) is 6.07 Å². The van der Waals surface area contributed by atoms with E-state index < -0.39 is 0 Å². The van der Waals surface area contributed by atoms with Crippen LogP contribution in [-0.2, 0) is 4.79 Å². The number of carbonyl (C=O) groups is 1. The van der Waals surface area contributed by atoms with Gasteiger partial charge in [0.1, 0.15) is 5.58 Å². The Hall–Kier alpha value is -2.14. The first-order valence-electron chi connectivity index (χ1n) is 6.72. The molecule has 2 aromatic rings. The monoisotopic (exact) mass is 272 g/mol. The normalized spacial score (nSPS) is 22.1. The molecule has 3 N–H and O–H groups in total. The fraction of sp³-hybridized carbons (Fsp3) is 0.333. The lowest BCUT2D eigenvalue weighted by Crippen LogP contribution is -2.23. The molecule has 104 valence electrons. The standard InChI is InChI=1S/C15H16N2O3/c16-11-3-1-10(7-11)15(19)17-12-4-5-13-9(8-12)2-6-14(18)20-13/h2,4-6,8,10-11H,1,3,7,16H2,(H,17,19). The number of amides is 1. The molecule has 5 heteroatoms. The minimum absolute atomic E-state index is 0.00518. The summed E-state index contributed by atoms with van der Waals surface area (Å²) in [6, 6.07) is 8.40. The molecule has 5 nitrogen and oxygen atoms in total. The van der Waals surface area contributed by atoms with Crippen molar-refractivity contribution in [1.82, 2.24) is 0 Å². The predicted molar refractivity (Wildman–Crippen MR) is 76.4 cm³/mol. The average Bonchev–Trinajstić information content (AvgIpc) is 2.86. The van der Waals surface area contributed by atoms with Crippen LogP contribution < -0.4 is 16.7 Å². The van der Waals surface area contributed by atoms with E-state index >= 15 is 0 Å². The van der Waals surface area contributed by atoms with Gasteiger partial charge in [-0.05, 0) is 43.5 Å². The Kier molecular flexibility index (Phi) is 3.28. The number of carbonyl (C=O) groups excluding carboxylic acids is 1. The van der Waals surface area contributed by atoms with E-state index in [4.69, 9.17) is 10.2 Å². The van der Waals surface area contributed by atoms with Crippen LogP contribution in [0.1, 0.15) is 19.3 Å². The second kappa shape index (κ2) is 5.09. The summed E-state index contributed by atoms with van der Waals surface area (Å²) in [5.41, 5.74) is 6.66. The zero-order valence-electron chi connectivity index (χ0n) is 11.0. The zero-order valence-corrected chi connectivity index (χ0v) is 11.0. The molecule has 1 saturated carbocycles. The van der Waals surface area contributed by atoms with E-state index in [0.717, 1.165) is 24.6 Å². The molecule has 1 heterocycles.